The van der Waals surface area contributed by atoms with E-state index in [9.17, 15) is 4.79 Å². The molecule has 6 heteroatoms. The zero-order valence-electron chi connectivity index (χ0n) is 11.4. The van der Waals surface area contributed by atoms with Gasteiger partial charge in [0.25, 0.3) is 0 Å². The molecular formula is C15H15ClN4O. The van der Waals surface area contributed by atoms with Gasteiger partial charge in [-0.2, -0.15) is 0 Å². The highest BCUT2D eigenvalue weighted by molar-refractivity contribution is 6.34. The van der Waals surface area contributed by atoms with Crippen molar-refractivity contribution in [1.29, 1.82) is 0 Å². The highest BCUT2D eigenvalue weighted by Crippen LogP contribution is 2.35. The van der Waals surface area contributed by atoms with Gasteiger partial charge in [-0.15, -0.1) is 10.2 Å². The Balaban J connectivity index is 1.83. The molecule has 4 rings (SSSR count). The van der Waals surface area contributed by atoms with Gasteiger partial charge in [0, 0.05) is 23.9 Å². The lowest BCUT2D eigenvalue weighted by atomic mass is 9.91. The molecule has 2 aliphatic heterocycles. The fourth-order valence-electron chi connectivity index (χ4n) is 3.48. The summed E-state index contributed by atoms with van der Waals surface area (Å²) in [7, 11) is 0. The first kappa shape index (κ1) is 12.8. The number of piperidine rings is 1. The van der Waals surface area contributed by atoms with Crippen LogP contribution in [0.15, 0.2) is 24.3 Å². The Kier molecular flexibility index (Phi) is 2.96. The molecule has 1 aromatic heterocycles. The number of benzene rings is 1. The number of carbonyl (C=O) groups excluding carboxylic acids is 1. The van der Waals surface area contributed by atoms with E-state index in [-0.39, 0.29) is 17.9 Å². The molecule has 2 aromatic rings. The third-order valence-electron chi connectivity index (χ3n) is 4.50. The van der Waals surface area contributed by atoms with Crippen molar-refractivity contribution in [3.8, 4) is 0 Å². The molecule has 21 heavy (non-hydrogen) atoms. The molecule has 2 saturated heterocycles. The van der Waals surface area contributed by atoms with Gasteiger partial charge in [0.2, 0.25) is 5.91 Å². The van der Waals surface area contributed by atoms with E-state index in [1.807, 2.05) is 24.3 Å². The quantitative estimate of drug-likeness (QED) is 0.875. The molecule has 2 fully saturated rings. The van der Waals surface area contributed by atoms with Crippen molar-refractivity contribution in [2.24, 2.45) is 5.92 Å². The molecule has 0 spiro atoms. The molecule has 2 atom stereocenters. The highest BCUT2D eigenvalue weighted by atomic mass is 35.5. The second-order valence-corrected chi connectivity index (χ2v) is 5.97. The van der Waals surface area contributed by atoms with Crippen molar-refractivity contribution < 1.29 is 4.79 Å². The van der Waals surface area contributed by atoms with Gasteiger partial charge in [-0.3, -0.25) is 4.79 Å². The maximum atomic E-state index is 11.9. The Labute approximate surface area is 127 Å². The van der Waals surface area contributed by atoms with Gasteiger partial charge in [0.05, 0.1) is 12.0 Å². The number of amides is 1. The summed E-state index contributed by atoms with van der Waals surface area (Å²) in [4.78, 5) is 14.1. The van der Waals surface area contributed by atoms with Crippen LogP contribution in [0.1, 0.15) is 12.8 Å². The number of carbonyl (C=O) groups is 1. The molecule has 1 amide bonds. The van der Waals surface area contributed by atoms with Crippen LogP contribution in [0.4, 0.5) is 5.82 Å². The summed E-state index contributed by atoms with van der Waals surface area (Å²) in [6, 6.07) is 8.06. The highest BCUT2D eigenvalue weighted by Gasteiger charge is 2.41. The predicted octanol–water partition coefficient (Wildman–Crippen LogP) is 2.00. The van der Waals surface area contributed by atoms with E-state index in [0.717, 1.165) is 36.0 Å². The van der Waals surface area contributed by atoms with Crippen LogP contribution >= 0.6 is 11.6 Å². The number of nitrogens with zero attached hydrogens (tertiary/aromatic N) is 3. The average Bonchev–Trinajstić information content (AvgIpc) is 2.90. The maximum Gasteiger partial charge on any atom is 0.225 e. The first-order valence-corrected chi connectivity index (χ1v) is 7.59. The third kappa shape index (κ3) is 1.95. The lowest BCUT2D eigenvalue weighted by Gasteiger charge is -2.37. The standard InChI is InChI=1S/C15H15ClN4O/c16-13-9-4-1-2-5-10(9)14(19-18-13)20-7-3-6-11-12(20)8-17-15(11)21/h1-2,4-5,11-12H,3,6-8H2,(H,17,21). The summed E-state index contributed by atoms with van der Waals surface area (Å²) in [6.07, 6.45) is 1.94. The number of nitrogens with one attached hydrogen (secondary N) is 1. The van der Waals surface area contributed by atoms with E-state index in [4.69, 9.17) is 11.6 Å². The third-order valence-corrected chi connectivity index (χ3v) is 4.78. The summed E-state index contributed by atoms with van der Waals surface area (Å²) < 4.78 is 0. The zero-order valence-corrected chi connectivity index (χ0v) is 12.2. The lowest BCUT2D eigenvalue weighted by molar-refractivity contribution is -0.122. The monoisotopic (exact) mass is 302 g/mol. The Bertz CT molecular complexity index is 720. The minimum atomic E-state index is 0.0648. The molecule has 0 radical (unpaired) electrons. The summed E-state index contributed by atoms with van der Waals surface area (Å²) in [5, 5.41) is 13.7. The molecule has 1 aromatic carbocycles. The number of halogens is 1. The number of fused-ring (bicyclic) bond motifs is 2. The summed E-state index contributed by atoms with van der Waals surface area (Å²) in [6.45, 7) is 1.58. The second kappa shape index (κ2) is 4.84. The van der Waals surface area contributed by atoms with Crippen molar-refractivity contribution >= 4 is 34.1 Å². The van der Waals surface area contributed by atoms with Crippen LogP contribution in [0.5, 0.6) is 0 Å². The van der Waals surface area contributed by atoms with Crippen LogP contribution in [0.25, 0.3) is 10.8 Å². The van der Waals surface area contributed by atoms with Crippen LogP contribution in [0.3, 0.4) is 0 Å². The van der Waals surface area contributed by atoms with Crippen LogP contribution < -0.4 is 10.2 Å². The van der Waals surface area contributed by atoms with Gasteiger partial charge in [-0.05, 0) is 12.8 Å². The Morgan fingerprint density at radius 3 is 2.90 bits per heavy atom. The average molecular weight is 303 g/mol. The molecular weight excluding hydrogens is 288 g/mol. The van der Waals surface area contributed by atoms with Crippen LogP contribution in [0.2, 0.25) is 5.15 Å². The van der Waals surface area contributed by atoms with E-state index < -0.39 is 0 Å². The molecule has 1 N–H and O–H groups in total. The number of hydrogen-bond acceptors (Lipinski definition) is 4. The van der Waals surface area contributed by atoms with E-state index in [0.29, 0.717) is 11.7 Å². The van der Waals surface area contributed by atoms with Crippen LogP contribution in [0, 0.1) is 5.92 Å². The van der Waals surface area contributed by atoms with Gasteiger partial charge in [-0.1, -0.05) is 35.9 Å². The van der Waals surface area contributed by atoms with Crippen molar-refractivity contribution in [2.45, 2.75) is 18.9 Å². The Hall–Kier alpha value is -1.88. The van der Waals surface area contributed by atoms with Gasteiger partial charge in [0.1, 0.15) is 0 Å². The molecule has 0 bridgehead atoms. The fraction of sp³-hybridized carbons (Fsp3) is 0.400. The number of rotatable bonds is 1. The van der Waals surface area contributed by atoms with E-state index in [1.54, 1.807) is 0 Å². The Morgan fingerprint density at radius 1 is 1.24 bits per heavy atom. The smallest absolute Gasteiger partial charge is 0.225 e. The minimum Gasteiger partial charge on any atom is -0.354 e. The molecule has 5 nitrogen and oxygen atoms in total. The first-order valence-electron chi connectivity index (χ1n) is 7.21. The SMILES string of the molecule is O=C1NCC2C1CCCN2c1nnc(Cl)c2ccccc12. The molecule has 2 aliphatic rings. The van der Waals surface area contributed by atoms with Crippen molar-refractivity contribution in [1.82, 2.24) is 15.5 Å². The number of aromatic nitrogens is 2. The second-order valence-electron chi connectivity index (χ2n) is 5.61. The van der Waals surface area contributed by atoms with Gasteiger partial charge < -0.3 is 10.2 Å². The molecule has 108 valence electrons. The molecule has 0 aliphatic carbocycles. The lowest BCUT2D eigenvalue weighted by Crippen LogP contribution is -2.46. The number of anilines is 1. The summed E-state index contributed by atoms with van der Waals surface area (Å²) >= 11 is 6.14. The van der Waals surface area contributed by atoms with Gasteiger partial charge in [0.15, 0.2) is 11.0 Å². The van der Waals surface area contributed by atoms with Crippen molar-refractivity contribution in [2.75, 3.05) is 18.0 Å². The van der Waals surface area contributed by atoms with Crippen molar-refractivity contribution in [3.05, 3.63) is 29.4 Å². The molecule has 3 heterocycles. The summed E-state index contributed by atoms with van der Waals surface area (Å²) in [5.74, 6) is 1.06. The van der Waals surface area contributed by atoms with Crippen LogP contribution in [-0.2, 0) is 4.79 Å². The van der Waals surface area contributed by atoms with Gasteiger partial charge in [-0.25, -0.2) is 0 Å². The van der Waals surface area contributed by atoms with Crippen molar-refractivity contribution in [3.63, 3.8) is 0 Å². The topological polar surface area (TPSA) is 58.1 Å². The number of hydrogen-bond donors (Lipinski definition) is 1. The molecule has 0 saturated carbocycles. The maximum absolute atomic E-state index is 11.9. The normalized spacial score (nSPS) is 25.0. The molecule has 2 unspecified atom stereocenters. The summed E-state index contributed by atoms with van der Waals surface area (Å²) in [5.41, 5.74) is 0. The zero-order chi connectivity index (χ0) is 14.4. The minimum absolute atomic E-state index is 0.0648. The van der Waals surface area contributed by atoms with Crippen LogP contribution in [-0.4, -0.2) is 35.2 Å². The van der Waals surface area contributed by atoms with E-state index in [1.165, 1.54) is 0 Å². The first-order chi connectivity index (χ1) is 10.3. The van der Waals surface area contributed by atoms with Gasteiger partial charge >= 0.3 is 0 Å². The Morgan fingerprint density at radius 2 is 2.05 bits per heavy atom. The van der Waals surface area contributed by atoms with E-state index in [2.05, 4.69) is 20.4 Å². The fourth-order valence-corrected chi connectivity index (χ4v) is 3.69. The largest absolute Gasteiger partial charge is 0.354 e. The van der Waals surface area contributed by atoms with E-state index >= 15 is 0 Å². The predicted molar refractivity (Wildman–Crippen MR) is 81.4 cm³/mol.